The second kappa shape index (κ2) is 5.21. The van der Waals surface area contributed by atoms with Crippen LogP contribution in [0.5, 0.6) is 0 Å². The number of hydrogen-bond donors (Lipinski definition) is 1. The van der Waals surface area contributed by atoms with E-state index in [0.717, 1.165) is 24.2 Å². The van der Waals surface area contributed by atoms with Crippen molar-refractivity contribution in [2.24, 2.45) is 5.92 Å². The molecule has 1 saturated heterocycles. The van der Waals surface area contributed by atoms with E-state index in [2.05, 4.69) is 25.9 Å². The van der Waals surface area contributed by atoms with Crippen molar-refractivity contribution >= 4 is 11.6 Å². The lowest BCUT2D eigenvalue weighted by atomic mass is 10.1. The summed E-state index contributed by atoms with van der Waals surface area (Å²) in [5, 5.41) is 0. The van der Waals surface area contributed by atoms with Gasteiger partial charge in [-0.2, -0.15) is 0 Å². The van der Waals surface area contributed by atoms with Crippen molar-refractivity contribution in [3.05, 3.63) is 29.3 Å². The van der Waals surface area contributed by atoms with Crippen LogP contribution in [0.25, 0.3) is 0 Å². The van der Waals surface area contributed by atoms with Gasteiger partial charge in [0.2, 0.25) is 0 Å². The molecule has 0 radical (unpaired) electrons. The van der Waals surface area contributed by atoms with E-state index in [0.29, 0.717) is 17.6 Å². The first-order chi connectivity index (χ1) is 8.91. The number of likely N-dealkylation sites (tertiary alicyclic amines) is 1. The van der Waals surface area contributed by atoms with Gasteiger partial charge in [0.25, 0.3) is 5.91 Å². The fourth-order valence-electron chi connectivity index (χ4n) is 2.84. The monoisotopic (exact) mass is 261 g/mol. The van der Waals surface area contributed by atoms with Gasteiger partial charge in [0.15, 0.2) is 0 Å². The van der Waals surface area contributed by atoms with E-state index in [4.69, 9.17) is 5.73 Å². The Morgan fingerprint density at radius 2 is 2.05 bits per heavy atom. The van der Waals surface area contributed by atoms with Crippen molar-refractivity contribution in [3.8, 4) is 0 Å². The molecule has 2 unspecified atom stereocenters. The van der Waals surface area contributed by atoms with Gasteiger partial charge in [0.05, 0.1) is 0 Å². The van der Waals surface area contributed by atoms with E-state index in [1.165, 1.54) is 0 Å². The van der Waals surface area contributed by atoms with Crippen molar-refractivity contribution in [2.75, 3.05) is 32.9 Å². The summed E-state index contributed by atoms with van der Waals surface area (Å²) in [5.41, 5.74) is 8.17. The number of amides is 1. The van der Waals surface area contributed by atoms with E-state index in [-0.39, 0.29) is 5.91 Å². The molecule has 19 heavy (non-hydrogen) atoms. The highest BCUT2D eigenvalue weighted by Crippen LogP contribution is 2.24. The van der Waals surface area contributed by atoms with Gasteiger partial charge < -0.3 is 15.5 Å². The van der Waals surface area contributed by atoms with Crippen LogP contribution >= 0.6 is 0 Å². The van der Waals surface area contributed by atoms with Gasteiger partial charge in [-0.05, 0) is 44.6 Å². The van der Waals surface area contributed by atoms with Gasteiger partial charge in [-0.25, -0.2) is 0 Å². The van der Waals surface area contributed by atoms with Crippen LogP contribution < -0.4 is 5.73 Å². The van der Waals surface area contributed by atoms with Crippen molar-refractivity contribution in [3.63, 3.8) is 0 Å². The third kappa shape index (κ3) is 2.59. The molecule has 1 aromatic rings. The molecular weight excluding hydrogens is 238 g/mol. The number of nitrogens with two attached hydrogens (primary N) is 1. The van der Waals surface area contributed by atoms with Crippen LogP contribution in [0.4, 0.5) is 5.69 Å². The number of hydrogen-bond acceptors (Lipinski definition) is 3. The average Bonchev–Trinajstić information content (AvgIpc) is 2.74. The van der Waals surface area contributed by atoms with E-state index in [1.807, 2.05) is 30.0 Å². The highest BCUT2D eigenvalue weighted by molar-refractivity contribution is 5.97. The second-order valence-electron chi connectivity index (χ2n) is 5.74. The van der Waals surface area contributed by atoms with E-state index < -0.39 is 0 Å². The summed E-state index contributed by atoms with van der Waals surface area (Å²) < 4.78 is 0. The Labute approximate surface area is 115 Å². The average molecular weight is 261 g/mol. The first-order valence-electron chi connectivity index (χ1n) is 6.72. The molecule has 2 atom stereocenters. The molecule has 2 rings (SSSR count). The van der Waals surface area contributed by atoms with Gasteiger partial charge >= 0.3 is 0 Å². The van der Waals surface area contributed by atoms with Crippen molar-refractivity contribution < 1.29 is 4.79 Å². The Kier molecular flexibility index (Phi) is 3.80. The molecule has 1 aromatic carbocycles. The number of likely N-dealkylation sites (N-methyl/N-ethyl adjacent to an activating group) is 1. The molecule has 1 aliphatic heterocycles. The molecule has 1 fully saturated rings. The maximum Gasteiger partial charge on any atom is 0.254 e. The minimum Gasteiger partial charge on any atom is -0.398 e. The lowest BCUT2D eigenvalue weighted by Gasteiger charge is -2.22. The summed E-state index contributed by atoms with van der Waals surface area (Å²) in [7, 11) is 4.14. The number of anilines is 1. The summed E-state index contributed by atoms with van der Waals surface area (Å²) in [6, 6.07) is 5.98. The highest BCUT2D eigenvalue weighted by Gasteiger charge is 2.34. The van der Waals surface area contributed by atoms with E-state index in [1.54, 1.807) is 0 Å². The van der Waals surface area contributed by atoms with E-state index >= 15 is 0 Å². The van der Waals surface area contributed by atoms with Crippen molar-refractivity contribution in [1.82, 2.24) is 9.80 Å². The summed E-state index contributed by atoms with van der Waals surface area (Å²) in [6.45, 7) is 5.72. The molecule has 4 nitrogen and oxygen atoms in total. The van der Waals surface area contributed by atoms with Gasteiger partial charge in [-0.15, -0.1) is 0 Å². The molecule has 1 amide bonds. The Balaban J connectivity index is 2.20. The number of carbonyl (C=O) groups excluding carboxylic acids is 1. The molecule has 104 valence electrons. The van der Waals surface area contributed by atoms with Crippen molar-refractivity contribution in [2.45, 2.75) is 19.9 Å². The largest absolute Gasteiger partial charge is 0.398 e. The van der Waals surface area contributed by atoms with Crippen LogP contribution in [-0.2, 0) is 0 Å². The van der Waals surface area contributed by atoms with Gasteiger partial charge in [0.1, 0.15) is 0 Å². The Morgan fingerprint density at radius 3 is 2.63 bits per heavy atom. The maximum absolute atomic E-state index is 12.6. The molecule has 0 bridgehead atoms. The normalized spacial score (nSPS) is 23.1. The minimum atomic E-state index is 0.0981. The smallest absolute Gasteiger partial charge is 0.254 e. The van der Waals surface area contributed by atoms with Gasteiger partial charge in [-0.1, -0.05) is 13.0 Å². The molecule has 1 heterocycles. The fraction of sp³-hybridized carbons (Fsp3) is 0.533. The molecule has 4 heteroatoms. The maximum atomic E-state index is 12.6. The standard InChI is InChI=1S/C15H23N3O/c1-10-8-18(9-14(10)17(3)4)15(19)12-6-5-7-13(16)11(12)2/h5-7,10,14H,8-9,16H2,1-4H3. The number of carbonyl (C=O) groups is 1. The Bertz CT molecular complexity index is 484. The summed E-state index contributed by atoms with van der Waals surface area (Å²) >= 11 is 0. The third-order valence-corrected chi connectivity index (χ3v) is 4.13. The number of benzene rings is 1. The quantitative estimate of drug-likeness (QED) is 0.823. The van der Waals surface area contributed by atoms with E-state index in [9.17, 15) is 4.79 Å². The topological polar surface area (TPSA) is 49.6 Å². The van der Waals surface area contributed by atoms with Crippen LogP contribution in [-0.4, -0.2) is 48.9 Å². The lowest BCUT2D eigenvalue weighted by molar-refractivity contribution is 0.0781. The SMILES string of the molecule is Cc1c(N)cccc1C(=O)N1CC(C)C(N(C)C)C1. The molecular formula is C15H23N3O. The highest BCUT2D eigenvalue weighted by atomic mass is 16.2. The van der Waals surface area contributed by atoms with Crippen LogP contribution in [0, 0.1) is 12.8 Å². The van der Waals surface area contributed by atoms with Crippen LogP contribution in [0.2, 0.25) is 0 Å². The third-order valence-electron chi connectivity index (χ3n) is 4.13. The second-order valence-corrected chi connectivity index (χ2v) is 5.74. The Morgan fingerprint density at radius 1 is 1.37 bits per heavy atom. The van der Waals surface area contributed by atoms with Crippen LogP contribution in [0.1, 0.15) is 22.8 Å². The summed E-state index contributed by atoms with van der Waals surface area (Å²) in [4.78, 5) is 16.7. The zero-order valence-electron chi connectivity index (χ0n) is 12.2. The molecule has 0 aliphatic carbocycles. The van der Waals surface area contributed by atoms with Gasteiger partial charge in [0, 0.05) is 30.4 Å². The van der Waals surface area contributed by atoms with Crippen molar-refractivity contribution in [1.29, 1.82) is 0 Å². The number of nitrogen functional groups attached to an aromatic ring is 1. The molecule has 0 aromatic heterocycles. The number of nitrogens with zero attached hydrogens (tertiary/aromatic N) is 2. The predicted molar refractivity (Wildman–Crippen MR) is 78.1 cm³/mol. The number of rotatable bonds is 2. The molecule has 0 saturated carbocycles. The summed E-state index contributed by atoms with van der Waals surface area (Å²) in [6.07, 6.45) is 0. The molecule has 2 N–H and O–H groups in total. The zero-order valence-corrected chi connectivity index (χ0v) is 12.2. The Hall–Kier alpha value is -1.55. The van der Waals surface area contributed by atoms with Gasteiger partial charge in [-0.3, -0.25) is 4.79 Å². The zero-order chi connectivity index (χ0) is 14.2. The predicted octanol–water partition coefficient (Wildman–Crippen LogP) is 1.60. The lowest BCUT2D eigenvalue weighted by Crippen LogP contribution is -2.36. The first kappa shape index (κ1) is 13.9. The van der Waals surface area contributed by atoms with Crippen LogP contribution in [0.15, 0.2) is 18.2 Å². The first-order valence-corrected chi connectivity index (χ1v) is 6.72. The summed E-state index contributed by atoms with van der Waals surface area (Å²) in [5.74, 6) is 0.598. The van der Waals surface area contributed by atoms with Crippen LogP contribution in [0.3, 0.4) is 0 Å². The minimum absolute atomic E-state index is 0.0981. The molecule has 0 spiro atoms. The fourth-order valence-corrected chi connectivity index (χ4v) is 2.84. The molecule has 1 aliphatic rings.